The van der Waals surface area contributed by atoms with E-state index in [1.54, 1.807) is 29.2 Å². The number of benzene rings is 3. The van der Waals surface area contributed by atoms with Crippen LogP contribution >= 0.6 is 11.8 Å². The standard InChI is InChI=1S/C23H18N2O3S/c1-28-20-14-16(12-13-19(20)26)15-21-22(27)25(18-10-6-3-7-11-18)23(29-21)24-17-8-4-2-5-9-17/h2-15,26H,1H3/b21-15-,24-23?. The van der Waals surface area contributed by atoms with Crippen LogP contribution in [0, 0.1) is 0 Å². The molecule has 1 aliphatic heterocycles. The fourth-order valence-electron chi connectivity index (χ4n) is 2.90. The predicted octanol–water partition coefficient (Wildman–Crippen LogP) is 5.21. The first kappa shape index (κ1) is 18.8. The van der Waals surface area contributed by atoms with Crippen LogP contribution in [0.1, 0.15) is 5.56 Å². The SMILES string of the molecule is COc1cc(/C=C2\SC(=Nc3ccccc3)N(c3ccccc3)C2=O)ccc1O. The molecule has 29 heavy (non-hydrogen) atoms. The number of nitrogens with zero attached hydrogens (tertiary/aromatic N) is 2. The van der Waals surface area contributed by atoms with Crippen LogP contribution in [0.4, 0.5) is 11.4 Å². The Morgan fingerprint density at radius 1 is 1.00 bits per heavy atom. The number of hydrogen-bond donors (Lipinski definition) is 1. The van der Waals surface area contributed by atoms with Crippen LogP contribution in [-0.2, 0) is 4.79 Å². The minimum absolute atomic E-state index is 0.0530. The van der Waals surface area contributed by atoms with Crippen molar-refractivity contribution in [3.63, 3.8) is 0 Å². The van der Waals surface area contributed by atoms with E-state index in [4.69, 9.17) is 4.74 Å². The van der Waals surface area contributed by atoms with E-state index in [2.05, 4.69) is 4.99 Å². The molecule has 1 fully saturated rings. The summed E-state index contributed by atoms with van der Waals surface area (Å²) in [5.74, 6) is 0.258. The number of amidine groups is 1. The van der Waals surface area contributed by atoms with Gasteiger partial charge in [0, 0.05) is 0 Å². The predicted molar refractivity (Wildman–Crippen MR) is 118 cm³/mol. The molecule has 6 heteroatoms. The number of phenolic OH excluding ortho intramolecular Hbond substituents is 1. The fourth-order valence-corrected chi connectivity index (χ4v) is 3.90. The molecule has 0 spiro atoms. The van der Waals surface area contributed by atoms with Crippen LogP contribution in [0.3, 0.4) is 0 Å². The number of ether oxygens (including phenoxy) is 1. The van der Waals surface area contributed by atoms with E-state index in [1.807, 2.05) is 60.7 Å². The van der Waals surface area contributed by atoms with Crippen molar-refractivity contribution in [3.05, 3.63) is 89.3 Å². The van der Waals surface area contributed by atoms with Crippen LogP contribution in [0.2, 0.25) is 0 Å². The average Bonchev–Trinajstić information content (AvgIpc) is 3.05. The molecule has 1 aliphatic rings. The number of carbonyl (C=O) groups is 1. The zero-order valence-electron chi connectivity index (χ0n) is 15.6. The first-order valence-corrected chi connectivity index (χ1v) is 9.77. The lowest BCUT2D eigenvalue weighted by molar-refractivity contribution is -0.113. The summed E-state index contributed by atoms with van der Waals surface area (Å²) in [5, 5.41) is 10.4. The van der Waals surface area contributed by atoms with Crippen LogP contribution in [0.25, 0.3) is 6.08 Å². The monoisotopic (exact) mass is 402 g/mol. The Hall–Kier alpha value is -3.51. The van der Waals surface area contributed by atoms with Gasteiger partial charge in [0.15, 0.2) is 16.7 Å². The molecule has 0 atom stereocenters. The van der Waals surface area contributed by atoms with Gasteiger partial charge in [-0.1, -0.05) is 42.5 Å². The number of rotatable bonds is 4. The van der Waals surface area contributed by atoms with Crippen molar-refractivity contribution in [2.45, 2.75) is 0 Å². The molecule has 3 aromatic rings. The van der Waals surface area contributed by atoms with Gasteiger partial charge in [0.05, 0.1) is 23.4 Å². The normalized spacial score (nSPS) is 16.6. The maximum Gasteiger partial charge on any atom is 0.271 e. The highest BCUT2D eigenvalue weighted by Crippen LogP contribution is 2.38. The van der Waals surface area contributed by atoms with Crippen molar-refractivity contribution in [1.82, 2.24) is 0 Å². The number of aromatic hydroxyl groups is 1. The molecule has 0 aromatic heterocycles. The largest absolute Gasteiger partial charge is 0.504 e. The Balaban J connectivity index is 1.76. The number of methoxy groups -OCH3 is 1. The van der Waals surface area contributed by atoms with Gasteiger partial charge in [-0.25, -0.2) is 4.99 Å². The van der Waals surface area contributed by atoms with Gasteiger partial charge in [-0.05, 0) is 59.8 Å². The second-order valence-electron chi connectivity index (χ2n) is 6.25. The summed E-state index contributed by atoms with van der Waals surface area (Å²) in [7, 11) is 1.49. The third-order valence-corrected chi connectivity index (χ3v) is 5.27. The Morgan fingerprint density at radius 2 is 1.69 bits per heavy atom. The molecule has 0 saturated carbocycles. The number of thioether (sulfide) groups is 1. The fraction of sp³-hybridized carbons (Fsp3) is 0.0435. The number of amides is 1. The molecule has 4 rings (SSSR count). The lowest BCUT2D eigenvalue weighted by atomic mass is 10.2. The highest BCUT2D eigenvalue weighted by molar-refractivity contribution is 8.19. The summed E-state index contributed by atoms with van der Waals surface area (Å²) in [6.45, 7) is 0. The molecule has 5 nitrogen and oxygen atoms in total. The van der Waals surface area contributed by atoms with E-state index >= 15 is 0 Å². The number of anilines is 1. The van der Waals surface area contributed by atoms with Crippen LogP contribution < -0.4 is 9.64 Å². The molecule has 0 aliphatic carbocycles. The van der Waals surface area contributed by atoms with Crippen molar-refractivity contribution < 1.29 is 14.6 Å². The highest BCUT2D eigenvalue weighted by atomic mass is 32.2. The third kappa shape index (κ3) is 4.02. The summed E-state index contributed by atoms with van der Waals surface area (Å²) in [6, 6.07) is 24.0. The van der Waals surface area contributed by atoms with Crippen molar-refractivity contribution in [3.8, 4) is 11.5 Å². The van der Waals surface area contributed by atoms with Crippen LogP contribution in [0.5, 0.6) is 11.5 Å². The Bertz CT molecular complexity index is 1100. The quantitative estimate of drug-likeness (QED) is 0.609. The molecular weight excluding hydrogens is 384 g/mol. The lowest BCUT2D eigenvalue weighted by Gasteiger charge is -2.15. The van der Waals surface area contributed by atoms with Gasteiger partial charge in [-0.15, -0.1) is 0 Å². The average molecular weight is 402 g/mol. The van der Waals surface area contributed by atoms with E-state index in [0.29, 0.717) is 15.8 Å². The molecular formula is C23H18N2O3S. The first-order chi connectivity index (χ1) is 14.2. The Labute approximate surface area is 173 Å². The molecule has 144 valence electrons. The van der Waals surface area contributed by atoms with Crippen molar-refractivity contribution in [2.75, 3.05) is 12.0 Å². The van der Waals surface area contributed by atoms with Gasteiger partial charge in [0.25, 0.3) is 5.91 Å². The van der Waals surface area contributed by atoms with E-state index in [9.17, 15) is 9.90 Å². The maximum atomic E-state index is 13.2. The van der Waals surface area contributed by atoms with Crippen LogP contribution in [0.15, 0.2) is 88.8 Å². The number of para-hydroxylation sites is 2. The smallest absolute Gasteiger partial charge is 0.271 e. The van der Waals surface area contributed by atoms with E-state index < -0.39 is 0 Å². The van der Waals surface area contributed by atoms with Gasteiger partial charge < -0.3 is 9.84 Å². The van der Waals surface area contributed by atoms with Gasteiger partial charge in [0.2, 0.25) is 0 Å². The molecule has 1 heterocycles. The second kappa shape index (κ2) is 8.24. The molecule has 0 unspecified atom stereocenters. The zero-order valence-corrected chi connectivity index (χ0v) is 16.5. The van der Waals surface area contributed by atoms with Crippen molar-refractivity contribution in [1.29, 1.82) is 0 Å². The van der Waals surface area contributed by atoms with Gasteiger partial charge >= 0.3 is 0 Å². The number of hydrogen-bond acceptors (Lipinski definition) is 5. The second-order valence-corrected chi connectivity index (χ2v) is 7.26. The lowest BCUT2D eigenvalue weighted by Crippen LogP contribution is -2.28. The van der Waals surface area contributed by atoms with E-state index in [1.165, 1.54) is 18.9 Å². The van der Waals surface area contributed by atoms with Crippen LogP contribution in [-0.4, -0.2) is 23.3 Å². The number of aliphatic imine (C=N–C) groups is 1. The Kier molecular flexibility index (Phi) is 5.35. The topological polar surface area (TPSA) is 62.1 Å². The number of carbonyl (C=O) groups excluding carboxylic acids is 1. The molecule has 1 amide bonds. The molecule has 3 aromatic carbocycles. The first-order valence-electron chi connectivity index (χ1n) is 8.95. The summed E-state index contributed by atoms with van der Waals surface area (Å²) in [4.78, 5) is 20.0. The summed E-state index contributed by atoms with van der Waals surface area (Å²) >= 11 is 1.31. The van der Waals surface area contributed by atoms with Gasteiger partial charge in [0.1, 0.15) is 0 Å². The minimum Gasteiger partial charge on any atom is -0.504 e. The molecule has 0 bridgehead atoms. The Morgan fingerprint density at radius 3 is 2.38 bits per heavy atom. The molecule has 1 saturated heterocycles. The van der Waals surface area contributed by atoms with Gasteiger partial charge in [-0.3, -0.25) is 9.69 Å². The molecule has 1 N–H and O–H groups in total. The zero-order chi connectivity index (χ0) is 20.2. The summed E-state index contributed by atoms with van der Waals surface area (Å²) in [6.07, 6.45) is 1.78. The van der Waals surface area contributed by atoms with Gasteiger partial charge in [-0.2, -0.15) is 0 Å². The van der Waals surface area contributed by atoms with E-state index in [-0.39, 0.29) is 11.7 Å². The summed E-state index contributed by atoms with van der Waals surface area (Å²) < 4.78 is 5.16. The number of phenols is 1. The molecule has 0 radical (unpaired) electrons. The minimum atomic E-state index is -0.150. The third-order valence-electron chi connectivity index (χ3n) is 4.30. The van der Waals surface area contributed by atoms with Crippen molar-refractivity contribution >= 4 is 40.3 Å². The highest BCUT2D eigenvalue weighted by Gasteiger charge is 2.34. The summed E-state index contributed by atoms with van der Waals surface area (Å²) in [5.41, 5.74) is 2.28. The van der Waals surface area contributed by atoms with E-state index in [0.717, 1.165) is 16.9 Å². The van der Waals surface area contributed by atoms with Crippen molar-refractivity contribution in [2.24, 2.45) is 4.99 Å². The maximum absolute atomic E-state index is 13.2.